The van der Waals surface area contributed by atoms with E-state index >= 15 is 0 Å². The lowest BCUT2D eigenvalue weighted by atomic mass is 9.88. The van der Waals surface area contributed by atoms with Crippen molar-refractivity contribution in [2.45, 2.75) is 33.3 Å². The van der Waals surface area contributed by atoms with Crippen LogP contribution in [0.4, 0.5) is 4.39 Å². The topological polar surface area (TPSA) is 38.7 Å². The van der Waals surface area contributed by atoms with Crippen molar-refractivity contribution in [1.82, 2.24) is 0 Å². The highest BCUT2D eigenvalue weighted by molar-refractivity contribution is 5.87. The quantitative estimate of drug-likeness (QED) is 0.770. The average Bonchev–Trinajstić information content (AvgIpc) is 2.66. The first-order valence-electron chi connectivity index (χ1n) is 9.11. The monoisotopic (exact) mass is 368 g/mol. The Balaban J connectivity index is 2.25. The summed E-state index contributed by atoms with van der Waals surface area (Å²) in [5.41, 5.74) is 3.47. The summed E-state index contributed by atoms with van der Waals surface area (Å²) in [6, 6.07) is 13.8. The Morgan fingerprint density at radius 2 is 1.89 bits per heavy atom. The van der Waals surface area contributed by atoms with E-state index in [9.17, 15) is 9.50 Å². The molecule has 142 valence electrons. The second-order valence-corrected chi connectivity index (χ2v) is 7.10. The molecule has 0 unspecified atom stereocenters. The van der Waals surface area contributed by atoms with Gasteiger partial charge in [-0.05, 0) is 56.5 Å². The zero-order valence-electron chi connectivity index (χ0n) is 16.2. The van der Waals surface area contributed by atoms with E-state index in [1.165, 1.54) is 0 Å². The lowest BCUT2D eigenvalue weighted by molar-refractivity contribution is 0.157. The summed E-state index contributed by atoms with van der Waals surface area (Å²) < 4.78 is 26.0. The van der Waals surface area contributed by atoms with Crippen molar-refractivity contribution in [3.05, 3.63) is 71.1 Å². The fourth-order valence-electron chi connectivity index (χ4n) is 3.28. The van der Waals surface area contributed by atoms with Gasteiger partial charge in [0.05, 0.1) is 13.2 Å². The van der Waals surface area contributed by atoms with E-state index in [4.69, 9.17) is 9.47 Å². The first-order chi connectivity index (χ1) is 12.9. The molecule has 27 heavy (non-hydrogen) atoms. The highest BCUT2D eigenvalue weighted by Crippen LogP contribution is 2.44. The van der Waals surface area contributed by atoms with E-state index in [-0.39, 0.29) is 0 Å². The number of ether oxygens (including phenoxy) is 2. The maximum absolute atomic E-state index is 14.1. The molecule has 2 aromatic carbocycles. The van der Waals surface area contributed by atoms with E-state index in [1.54, 1.807) is 6.92 Å². The van der Waals surface area contributed by atoms with Crippen LogP contribution in [0.3, 0.4) is 0 Å². The van der Waals surface area contributed by atoms with Crippen LogP contribution in [0, 0.1) is 0 Å². The van der Waals surface area contributed by atoms with Crippen molar-refractivity contribution in [2.75, 3.05) is 13.2 Å². The van der Waals surface area contributed by atoms with Gasteiger partial charge in [0.1, 0.15) is 22.9 Å². The van der Waals surface area contributed by atoms with Gasteiger partial charge in [-0.2, -0.15) is 0 Å². The SMILES string of the molecule is CCOc1cc2c(cc1/C(C)=C(/F)CO)C(c1ccccc1)=CC(C)(C)O2. The summed E-state index contributed by atoms with van der Waals surface area (Å²) >= 11 is 0. The minimum absolute atomic E-state index is 0.362. The molecule has 0 bridgehead atoms. The van der Waals surface area contributed by atoms with Crippen LogP contribution in [0.5, 0.6) is 11.5 Å². The predicted octanol–water partition coefficient (Wildman–Crippen LogP) is 5.38. The van der Waals surface area contributed by atoms with Gasteiger partial charge < -0.3 is 14.6 Å². The summed E-state index contributed by atoms with van der Waals surface area (Å²) in [7, 11) is 0. The van der Waals surface area contributed by atoms with Crippen LogP contribution in [0.1, 0.15) is 44.4 Å². The number of hydrogen-bond acceptors (Lipinski definition) is 3. The Morgan fingerprint density at radius 3 is 2.52 bits per heavy atom. The molecule has 0 radical (unpaired) electrons. The summed E-state index contributed by atoms with van der Waals surface area (Å²) in [6.45, 7) is 7.34. The highest BCUT2D eigenvalue weighted by atomic mass is 19.1. The number of aliphatic hydroxyl groups is 1. The van der Waals surface area contributed by atoms with E-state index < -0.39 is 18.0 Å². The van der Waals surface area contributed by atoms with Gasteiger partial charge >= 0.3 is 0 Å². The molecule has 0 amide bonds. The average molecular weight is 368 g/mol. The molecule has 1 heterocycles. The molecule has 0 aromatic heterocycles. The first-order valence-corrected chi connectivity index (χ1v) is 9.11. The Labute approximate surface area is 159 Å². The van der Waals surface area contributed by atoms with Gasteiger partial charge in [0.25, 0.3) is 0 Å². The van der Waals surface area contributed by atoms with Gasteiger partial charge in [0, 0.05) is 17.2 Å². The second-order valence-electron chi connectivity index (χ2n) is 7.10. The molecule has 0 saturated carbocycles. The van der Waals surface area contributed by atoms with Crippen molar-refractivity contribution in [3.8, 4) is 11.5 Å². The van der Waals surface area contributed by atoms with Crippen molar-refractivity contribution in [1.29, 1.82) is 0 Å². The van der Waals surface area contributed by atoms with E-state index in [1.807, 2.05) is 63.2 Å². The molecule has 1 N–H and O–H groups in total. The fraction of sp³-hybridized carbons (Fsp3) is 0.304. The maximum Gasteiger partial charge on any atom is 0.132 e. The van der Waals surface area contributed by atoms with Crippen molar-refractivity contribution in [3.63, 3.8) is 0 Å². The van der Waals surface area contributed by atoms with Gasteiger partial charge in [0.15, 0.2) is 0 Å². The zero-order chi connectivity index (χ0) is 19.6. The molecule has 0 aliphatic carbocycles. The normalized spacial score (nSPS) is 16.0. The van der Waals surface area contributed by atoms with Crippen LogP contribution in [0.25, 0.3) is 11.1 Å². The Bertz CT molecular complexity index is 895. The van der Waals surface area contributed by atoms with Crippen molar-refractivity contribution >= 4 is 11.1 Å². The predicted molar refractivity (Wildman–Crippen MR) is 107 cm³/mol. The Hall–Kier alpha value is -2.59. The largest absolute Gasteiger partial charge is 0.493 e. The van der Waals surface area contributed by atoms with Crippen LogP contribution in [-0.4, -0.2) is 23.9 Å². The molecular weight excluding hydrogens is 343 g/mol. The van der Waals surface area contributed by atoms with Gasteiger partial charge in [-0.3, -0.25) is 0 Å². The number of fused-ring (bicyclic) bond motifs is 1. The second kappa shape index (κ2) is 7.57. The number of hydrogen-bond donors (Lipinski definition) is 1. The molecule has 0 spiro atoms. The molecule has 0 saturated heterocycles. The van der Waals surface area contributed by atoms with Crippen LogP contribution in [-0.2, 0) is 0 Å². The Morgan fingerprint density at radius 1 is 1.19 bits per heavy atom. The highest BCUT2D eigenvalue weighted by Gasteiger charge is 2.29. The van der Waals surface area contributed by atoms with Crippen LogP contribution in [0.2, 0.25) is 0 Å². The molecule has 3 nitrogen and oxygen atoms in total. The molecular formula is C23H25FO3. The smallest absolute Gasteiger partial charge is 0.132 e. The third kappa shape index (κ3) is 3.91. The van der Waals surface area contributed by atoms with Gasteiger partial charge in [0.2, 0.25) is 0 Å². The summed E-state index contributed by atoms with van der Waals surface area (Å²) in [4.78, 5) is 0. The molecule has 0 atom stereocenters. The molecule has 3 rings (SSSR count). The Kier molecular flexibility index (Phi) is 5.38. The molecule has 1 aliphatic heterocycles. The van der Waals surface area contributed by atoms with Gasteiger partial charge in [-0.25, -0.2) is 4.39 Å². The van der Waals surface area contributed by atoms with Crippen LogP contribution < -0.4 is 9.47 Å². The minimum Gasteiger partial charge on any atom is -0.493 e. The van der Waals surface area contributed by atoms with Gasteiger partial charge in [-0.1, -0.05) is 30.3 Å². The van der Waals surface area contributed by atoms with Crippen molar-refractivity contribution in [2.24, 2.45) is 0 Å². The number of benzene rings is 2. The van der Waals surface area contributed by atoms with Crippen molar-refractivity contribution < 1.29 is 19.0 Å². The molecule has 2 aromatic rings. The third-order valence-corrected chi connectivity index (χ3v) is 4.57. The standard InChI is InChI=1S/C23H25FO3/c1-5-26-21-12-22-18(11-17(21)15(2)20(24)14-25)19(13-23(3,4)27-22)16-9-7-6-8-10-16/h6-13,25H,5,14H2,1-4H3/b20-15+. The number of halogens is 1. The number of aliphatic hydroxyl groups excluding tert-OH is 1. The number of rotatable bonds is 5. The lowest BCUT2D eigenvalue weighted by Crippen LogP contribution is -2.29. The van der Waals surface area contributed by atoms with Crippen LogP contribution >= 0.6 is 0 Å². The number of allylic oxidation sites excluding steroid dienone is 1. The summed E-state index contributed by atoms with van der Waals surface area (Å²) in [5.74, 6) is 0.673. The maximum atomic E-state index is 14.1. The van der Waals surface area contributed by atoms with Crippen LogP contribution in [0.15, 0.2) is 54.4 Å². The summed E-state index contributed by atoms with van der Waals surface area (Å²) in [6.07, 6.45) is 2.08. The zero-order valence-corrected chi connectivity index (χ0v) is 16.2. The van der Waals surface area contributed by atoms with E-state index in [0.29, 0.717) is 29.2 Å². The van der Waals surface area contributed by atoms with E-state index in [2.05, 4.69) is 6.08 Å². The van der Waals surface area contributed by atoms with E-state index in [0.717, 1.165) is 16.7 Å². The van der Waals surface area contributed by atoms with Gasteiger partial charge in [-0.15, -0.1) is 0 Å². The first kappa shape index (κ1) is 19.2. The third-order valence-electron chi connectivity index (χ3n) is 4.57. The molecule has 4 heteroatoms. The lowest BCUT2D eigenvalue weighted by Gasteiger charge is -2.32. The minimum atomic E-state index is -0.639. The molecule has 0 fully saturated rings. The molecule has 1 aliphatic rings. The summed E-state index contributed by atoms with van der Waals surface area (Å²) in [5, 5.41) is 9.21. The fourth-order valence-corrected chi connectivity index (χ4v) is 3.28.